The summed E-state index contributed by atoms with van der Waals surface area (Å²) in [6, 6.07) is 14.0. The summed E-state index contributed by atoms with van der Waals surface area (Å²) in [4.78, 5) is 11.4. The van der Waals surface area contributed by atoms with Crippen molar-refractivity contribution in [1.82, 2.24) is 0 Å². The van der Waals surface area contributed by atoms with Gasteiger partial charge in [0.1, 0.15) is 11.0 Å². The van der Waals surface area contributed by atoms with E-state index in [9.17, 15) is 13.2 Å². The molecule has 0 aliphatic heterocycles. The van der Waals surface area contributed by atoms with Gasteiger partial charge in [-0.1, -0.05) is 24.3 Å². The summed E-state index contributed by atoms with van der Waals surface area (Å²) in [5.74, 6) is -0.248. The second-order valence-electron chi connectivity index (χ2n) is 4.32. The van der Waals surface area contributed by atoms with Crippen molar-refractivity contribution in [3.05, 3.63) is 59.7 Å². The molecule has 1 N–H and O–H groups in total. The average Bonchev–Trinajstić information content (AvgIpc) is 2.47. The van der Waals surface area contributed by atoms with Gasteiger partial charge < -0.3 is 0 Å². The molecule has 0 heterocycles. The molecule has 0 spiro atoms. The molecule has 5 nitrogen and oxygen atoms in total. The maximum Gasteiger partial charge on any atom is 0.263 e. The number of sulfonamides is 1. The third kappa shape index (κ3) is 3.09. The van der Waals surface area contributed by atoms with E-state index in [-0.39, 0.29) is 27.5 Å². The second kappa shape index (κ2) is 5.77. The van der Waals surface area contributed by atoms with Crippen molar-refractivity contribution < 1.29 is 13.2 Å². The Balaban J connectivity index is 2.49. The van der Waals surface area contributed by atoms with E-state index in [4.69, 9.17) is 5.26 Å². The number of hydrogen-bond acceptors (Lipinski definition) is 4. The first-order valence-corrected chi connectivity index (χ1v) is 7.56. The van der Waals surface area contributed by atoms with Crippen molar-refractivity contribution in [1.29, 1.82) is 5.26 Å². The molecule has 6 heteroatoms. The predicted molar refractivity (Wildman–Crippen MR) is 78.4 cm³/mol. The van der Waals surface area contributed by atoms with Crippen LogP contribution in [0.4, 0.5) is 5.69 Å². The van der Waals surface area contributed by atoms with Crippen LogP contribution in [-0.4, -0.2) is 14.2 Å². The highest BCUT2D eigenvalue weighted by atomic mass is 32.2. The molecule has 2 aromatic rings. The third-order valence-electron chi connectivity index (χ3n) is 2.85. The fourth-order valence-corrected chi connectivity index (χ4v) is 3.11. The number of benzene rings is 2. The van der Waals surface area contributed by atoms with Gasteiger partial charge in [-0.15, -0.1) is 0 Å². The number of nitriles is 1. The topological polar surface area (TPSA) is 87.0 Å². The lowest BCUT2D eigenvalue weighted by Crippen LogP contribution is -2.16. The van der Waals surface area contributed by atoms with Gasteiger partial charge in [0.25, 0.3) is 10.0 Å². The van der Waals surface area contributed by atoms with E-state index < -0.39 is 10.0 Å². The number of rotatable bonds is 4. The lowest BCUT2D eigenvalue weighted by molar-refractivity contribution is 0.101. The van der Waals surface area contributed by atoms with Crippen LogP contribution in [0.25, 0.3) is 0 Å². The first-order valence-electron chi connectivity index (χ1n) is 6.07. The van der Waals surface area contributed by atoms with Gasteiger partial charge in [0.15, 0.2) is 5.78 Å². The van der Waals surface area contributed by atoms with E-state index >= 15 is 0 Å². The van der Waals surface area contributed by atoms with E-state index in [1.165, 1.54) is 37.3 Å². The van der Waals surface area contributed by atoms with Crippen molar-refractivity contribution >= 4 is 21.5 Å². The van der Waals surface area contributed by atoms with Crippen molar-refractivity contribution in [3.8, 4) is 6.07 Å². The van der Waals surface area contributed by atoms with Gasteiger partial charge in [0.05, 0.1) is 11.3 Å². The maximum atomic E-state index is 12.4. The molecule has 0 amide bonds. The number of para-hydroxylation sites is 1. The molecule has 0 radical (unpaired) electrons. The van der Waals surface area contributed by atoms with Crippen LogP contribution in [0.2, 0.25) is 0 Å². The van der Waals surface area contributed by atoms with Crippen LogP contribution in [-0.2, 0) is 10.0 Å². The third-order valence-corrected chi connectivity index (χ3v) is 4.27. The number of carbonyl (C=O) groups excluding carboxylic acids is 1. The summed E-state index contributed by atoms with van der Waals surface area (Å²) in [6.45, 7) is 1.36. The zero-order valence-electron chi connectivity index (χ0n) is 11.2. The summed E-state index contributed by atoms with van der Waals surface area (Å²) >= 11 is 0. The van der Waals surface area contributed by atoms with E-state index in [1.54, 1.807) is 18.2 Å². The molecule has 0 saturated heterocycles. The summed E-state index contributed by atoms with van der Waals surface area (Å²) in [5.41, 5.74) is 0.513. The van der Waals surface area contributed by atoms with Crippen LogP contribution in [0.15, 0.2) is 53.4 Å². The lowest BCUT2D eigenvalue weighted by Gasteiger charge is -2.11. The number of Topliss-reactive ketones (excluding diaryl/α,β-unsaturated/α-hetero) is 1. The van der Waals surface area contributed by atoms with Crippen LogP contribution in [0, 0.1) is 11.3 Å². The predicted octanol–water partition coefficient (Wildman–Crippen LogP) is 2.56. The largest absolute Gasteiger partial charge is 0.294 e. The van der Waals surface area contributed by atoms with Crippen LogP contribution in [0.1, 0.15) is 22.8 Å². The normalized spacial score (nSPS) is 10.7. The molecule has 0 unspecified atom stereocenters. The molecular formula is C15H12N2O3S. The van der Waals surface area contributed by atoms with Gasteiger partial charge in [-0.25, -0.2) is 8.42 Å². The second-order valence-corrected chi connectivity index (χ2v) is 5.97. The number of nitrogens with zero attached hydrogens (tertiary/aromatic N) is 1. The molecule has 0 aliphatic rings. The Bertz CT molecular complexity index is 836. The van der Waals surface area contributed by atoms with E-state index in [0.29, 0.717) is 0 Å². The Morgan fingerprint density at radius 3 is 2.38 bits per heavy atom. The molecule has 0 aliphatic carbocycles. The van der Waals surface area contributed by atoms with Crippen LogP contribution in [0.3, 0.4) is 0 Å². The molecule has 2 aromatic carbocycles. The minimum atomic E-state index is -3.94. The molecule has 0 aromatic heterocycles. The van der Waals surface area contributed by atoms with Crippen molar-refractivity contribution in [3.63, 3.8) is 0 Å². The molecule has 0 fully saturated rings. The molecule has 0 atom stereocenters. The highest BCUT2D eigenvalue weighted by Gasteiger charge is 2.20. The molecule has 21 heavy (non-hydrogen) atoms. The first-order chi connectivity index (χ1) is 9.95. The fraction of sp³-hybridized carbons (Fsp3) is 0.0667. The van der Waals surface area contributed by atoms with Gasteiger partial charge in [-0.2, -0.15) is 5.26 Å². The van der Waals surface area contributed by atoms with Crippen LogP contribution < -0.4 is 4.72 Å². The van der Waals surface area contributed by atoms with Gasteiger partial charge in [-0.05, 0) is 31.2 Å². The average molecular weight is 300 g/mol. The summed E-state index contributed by atoms with van der Waals surface area (Å²) in [6.07, 6.45) is 0. The number of nitrogens with one attached hydrogen (secondary N) is 1. The molecule has 0 bridgehead atoms. The summed E-state index contributed by atoms with van der Waals surface area (Å²) in [5, 5.41) is 8.99. The molecule has 2 rings (SSSR count). The maximum absolute atomic E-state index is 12.4. The quantitative estimate of drug-likeness (QED) is 0.879. The zero-order valence-corrected chi connectivity index (χ0v) is 12.0. The highest BCUT2D eigenvalue weighted by Crippen LogP contribution is 2.22. The Labute approximate surface area is 122 Å². The number of hydrogen-bond donors (Lipinski definition) is 1. The van der Waals surface area contributed by atoms with E-state index in [1.807, 2.05) is 6.07 Å². The van der Waals surface area contributed by atoms with Gasteiger partial charge in [0.2, 0.25) is 0 Å². The van der Waals surface area contributed by atoms with Crippen molar-refractivity contribution in [2.45, 2.75) is 11.8 Å². The number of anilines is 1. The minimum absolute atomic E-state index is 0.0466. The number of carbonyl (C=O) groups is 1. The SMILES string of the molecule is CC(=O)c1ccccc1NS(=O)(=O)c1ccccc1C#N. The number of ketones is 1. The van der Waals surface area contributed by atoms with E-state index in [0.717, 1.165) is 0 Å². The Hall–Kier alpha value is -2.65. The summed E-state index contributed by atoms with van der Waals surface area (Å²) < 4.78 is 27.1. The van der Waals surface area contributed by atoms with Gasteiger partial charge >= 0.3 is 0 Å². The van der Waals surface area contributed by atoms with Crippen LogP contribution in [0.5, 0.6) is 0 Å². The monoisotopic (exact) mass is 300 g/mol. The minimum Gasteiger partial charge on any atom is -0.294 e. The van der Waals surface area contributed by atoms with Gasteiger partial charge in [0, 0.05) is 5.56 Å². The Morgan fingerprint density at radius 2 is 1.71 bits per heavy atom. The smallest absolute Gasteiger partial charge is 0.263 e. The van der Waals surface area contributed by atoms with E-state index in [2.05, 4.69) is 4.72 Å². The lowest BCUT2D eigenvalue weighted by atomic mass is 10.1. The zero-order chi connectivity index (χ0) is 15.5. The van der Waals surface area contributed by atoms with Gasteiger partial charge in [-0.3, -0.25) is 9.52 Å². The molecule has 0 saturated carbocycles. The van der Waals surface area contributed by atoms with Crippen molar-refractivity contribution in [2.24, 2.45) is 0 Å². The highest BCUT2D eigenvalue weighted by molar-refractivity contribution is 7.92. The first kappa shape index (κ1) is 14.8. The fourth-order valence-electron chi connectivity index (χ4n) is 1.87. The van der Waals surface area contributed by atoms with Crippen molar-refractivity contribution in [2.75, 3.05) is 4.72 Å². The summed E-state index contributed by atoms with van der Waals surface area (Å²) in [7, 11) is -3.94. The standard InChI is InChI=1S/C15H12N2O3S/c1-11(18)13-7-3-4-8-14(13)17-21(19,20)15-9-5-2-6-12(15)10-16/h2-9,17H,1H3. The Kier molecular flexibility index (Phi) is 4.05. The molecule has 106 valence electrons. The van der Waals surface area contributed by atoms with Crippen LogP contribution >= 0.6 is 0 Å². The Morgan fingerprint density at radius 1 is 1.10 bits per heavy atom. The molecular weight excluding hydrogens is 288 g/mol.